The lowest BCUT2D eigenvalue weighted by Gasteiger charge is -2.19. The number of hydrogen-bond acceptors (Lipinski definition) is 8. The number of phosphoric acid groups is 1. The van der Waals surface area contributed by atoms with Crippen molar-refractivity contribution < 1.29 is 37.6 Å². The molecule has 0 aliphatic heterocycles. The summed E-state index contributed by atoms with van der Waals surface area (Å²) in [5.41, 5.74) is 5.33. The zero-order valence-electron chi connectivity index (χ0n) is 36.7. The zero-order valence-corrected chi connectivity index (χ0v) is 37.6. The third kappa shape index (κ3) is 44.1. The predicted molar refractivity (Wildman–Crippen MR) is 247 cm³/mol. The summed E-state index contributed by atoms with van der Waals surface area (Å²) < 4.78 is 32.6. The molecule has 0 saturated heterocycles. The van der Waals surface area contributed by atoms with Gasteiger partial charge in [0.25, 0.3) is 0 Å². The fraction of sp³-hybridized carbons (Fsp3) is 0.592. The van der Waals surface area contributed by atoms with E-state index in [1.54, 1.807) is 0 Å². The average molecular weight is 842 g/mol. The normalized spacial score (nSPS) is 14.3. The lowest BCUT2D eigenvalue weighted by molar-refractivity contribution is -0.161. The van der Waals surface area contributed by atoms with E-state index in [0.29, 0.717) is 12.8 Å². The number of ether oxygens (including phenoxy) is 2. The Hall–Kier alpha value is -3.33. The highest BCUT2D eigenvalue weighted by atomic mass is 31.2. The molecule has 0 aliphatic rings. The molecule has 0 fully saturated rings. The van der Waals surface area contributed by atoms with Gasteiger partial charge in [-0.25, -0.2) is 4.57 Å². The number of carbonyl (C=O) groups excluding carboxylic acids is 2. The molecule has 3 N–H and O–H groups in total. The summed E-state index contributed by atoms with van der Waals surface area (Å²) in [6.45, 7) is 3.49. The van der Waals surface area contributed by atoms with Gasteiger partial charge in [0.1, 0.15) is 6.61 Å². The monoisotopic (exact) mass is 842 g/mol. The number of rotatable bonds is 40. The molecule has 0 spiro atoms. The van der Waals surface area contributed by atoms with Crippen LogP contribution < -0.4 is 5.73 Å². The van der Waals surface area contributed by atoms with Crippen LogP contribution in [0.5, 0.6) is 0 Å². The first kappa shape index (κ1) is 55.7. The molecule has 0 heterocycles. The molecule has 2 atom stereocenters. The van der Waals surface area contributed by atoms with Crippen molar-refractivity contribution in [1.29, 1.82) is 0 Å². The van der Waals surface area contributed by atoms with Gasteiger partial charge in [-0.1, -0.05) is 175 Å². The molecule has 0 aliphatic carbocycles. The third-order valence-electron chi connectivity index (χ3n) is 8.67. The van der Waals surface area contributed by atoms with Gasteiger partial charge in [-0.05, 0) is 77.0 Å². The van der Waals surface area contributed by atoms with Gasteiger partial charge in [0, 0.05) is 19.4 Å². The predicted octanol–water partition coefficient (Wildman–Crippen LogP) is 13.2. The van der Waals surface area contributed by atoms with Gasteiger partial charge < -0.3 is 20.1 Å². The van der Waals surface area contributed by atoms with Gasteiger partial charge in [0.15, 0.2) is 6.10 Å². The molecule has 0 aromatic heterocycles. The number of esters is 2. The Bertz CT molecular complexity index is 1330. The Balaban J connectivity index is 4.21. The number of carbonyl (C=O) groups is 2. The molecule has 0 aromatic rings. The summed E-state index contributed by atoms with van der Waals surface area (Å²) in [6, 6.07) is 0. The van der Waals surface area contributed by atoms with Crippen LogP contribution in [0.1, 0.15) is 155 Å². The molecule has 0 amide bonds. The van der Waals surface area contributed by atoms with Crippen molar-refractivity contribution in [2.75, 3.05) is 26.4 Å². The number of nitrogens with two attached hydrogens (primary N) is 1. The minimum absolute atomic E-state index is 0.0389. The Labute approximate surface area is 359 Å². The van der Waals surface area contributed by atoms with Crippen LogP contribution in [0.25, 0.3) is 0 Å². The summed E-state index contributed by atoms with van der Waals surface area (Å²) in [5, 5.41) is 0. The molecular weight excluding hydrogens is 762 g/mol. The van der Waals surface area contributed by atoms with E-state index in [-0.39, 0.29) is 32.6 Å². The maximum Gasteiger partial charge on any atom is 0.472 e. The van der Waals surface area contributed by atoms with E-state index in [2.05, 4.69) is 117 Å². The van der Waals surface area contributed by atoms with Crippen LogP contribution >= 0.6 is 7.82 Å². The number of hydrogen-bond donors (Lipinski definition) is 2. The van der Waals surface area contributed by atoms with Gasteiger partial charge in [-0.3, -0.25) is 18.6 Å². The summed E-state index contributed by atoms with van der Waals surface area (Å²) in [5.74, 6) is -0.912. The fourth-order valence-electron chi connectivity index (χ4n) is 5.40. The van der Waals surface area contributed by atoms with Crippen molar-refractivity contribution in [1.82, 2.24) is 0 Å². The lowest BCUT2D eigenvalue weighted by Crippen LogP contribution is -2.29. The highest BCUT2D eigenvalue weighted by molar-refractivity contribution is 7.47. The van der Waals surface area contributed by atoms with E-state index in [4.69, 9.17) is 24.3 Å². The topological polar surface area (TPSA) is 134 Å². The van der Waals surface area contributed by atoms with Crippen LogP contribution in [0.15, 0.2) is 109 Å². The minimum Gasteiger partial charge on any atom is -0.462 e. The lowest BCUT2D eigenvalue weighted by atomic mass is 10.1. The summed E-state index contributed by atoms with van der Waals surface area (Å²) in [4.78, 5) is 34.7. The first-order chi connectivity index (χ1) is 28.8. The standard InChI is InChI=1S/C49H80NO8P/c1-3-5-7-9-11-13-14-15-16-17-18-19-20-21-22-23-24-25-26-27-28-29-30-31-32-34-36-38-40-42-49(52)58-47(46-57-59(53,54)56-44-43-50)45-55-48(51)41-39-37-35-33-12-10-8-6-4-2/h5,7,11,13,15-16,18-19,21-22,24-25,27-28,30-31,34,36,47H,3-4,6,8-10,12,14,17,20,23,26,29,32-33,35,37-46,50H2,1-2H3,(H,53,54)/b7-5-,13-11-,16-15-,19-18-,22-21-,25-24-,28-27-,31-30-,36-34-. The van der Waals surface area contributed by atoms with E-state index < -0.39 is 32.5 Å². The second-order valence-electron chi connectivity index (χ2n) is 14.2. The van der Waals surface area contributed by atoms with Crippen molar-refractivity contribution in [2.45, 2.75) is 161 Å². The number of allylic oxidation sites excluding steroid dienone is 18. The average Bonchev–Trinajstić information content (AvgIpc) is 3.22. The molecule has 0 saturated carbocycles. The smallest absolute Gasteiger partial charge is 0.462 e. The van der Waals surface area contributed by atoms with Crippen LogP contribution in [-0.4, -0.2) is 49.3 Å². The third-order valence-corrected chi connectivity index (χ3v) is 9.66. The Morgan fingerprint density at radius 3 is 1.37 bits per heavy atom. The largest absolute Gasteiger partial charge is 0.472 e. The molecule has 2 unspecified atom stereocenters. The SMILES string of the molecule is CC/C=C\C/C=C\C/C=C\C/C=C\C/C=C\C/C=C\C/C=C\C/C=C\C/C=C\CCCC(=O)OC(COC(=O)CCCCCCCCCCC)COP(=O)(O)OCCN. The van der Waals surface area contributed by atoms with E-state index in [9.17, 15) is 19.0 Å². The molecule has 9 nitrogen and oxygen atoms in total. The van der Waals surface area contributed by atoms with Crippen LogP contribution in [0.3, 0.4) is 0 Å². The quantitative estimate of drug-likeness (QED) is 0.0267. The van der Waals surface area contributed by atoms with Crippen molar-refractivity contribution in [3.05, 3.63) is 109 Å². The molecule has 0 bridgehead atoms. The Morgan fingerprint density at radius 1 is 0.525 bits per heavy atom. The van der Waals surface area contributed by atoms with E-state index >= 15 is 0 Å². The highest BCUT2D eigenvalue weighted by Gasteiger charge is 2.25. The minimum atomic E-state index is -4.39. The fourth-order valence-corrected chi connectivity index (χ4v) is 6.16. The second-order valence-corrected chi connectivity index (χ2v) is 15.6. The van der Waals surface area contributed by atoms with Crippen LogP contribution in [0.2, 0.25) is 0 Å². The van der Waals surface area contributed by atoms with Gasteiger partial charge in [0.2, 0.25) is 0 Å². The highest BCUT2D eigenvalue weighted by Crippen LogP contribution is 2.43. The van der Waals surface area contributed by atoms with Crippen molar-refractivity contribution in [2.24, 2.45) is 5.73 Å². The van der Waals surface area contributed by atoms with Gasteiger partial charge in [0.05, 0.1) is 13.2 Å². The van der Waals surface area contributed by atoms with Crippen molar-refractivity contribution in [3.63, 3.8) is 0 Å². The second kappa shape index (κ2) is 44.2. The first-order valence-electron chi connectivity index (χ1n) is 22.4. The molecule has 0 rings (SSSR count). The van der Waals surface area contributed by atoms with Crippen LogP contribution in [0, 0.1) is 0 Å². The number of phosphoric ester groups is 1. The van der Waals surface area contributed by atoms with Gasteiger partial charge >= 0.3 is 19.8 Å². The Kier molecular flexibility index (Phi) is 41.7. The molecule has 0 aromatic carbocycles. The molecular formula is C49H80NO8P. The van der Waals surface area contributed by atoms with Crippen molar-refractivity contribution in [3.8, 4) is 0 Å². The van der Waals surface area contributed by atoms with Crippen LogP contribution in [-0.2, 0) is 32.7 Å². The molecule has 0 radical (unpaired) electrons. The summed E-state index contributed by atoms with van der Waals surface area (Å²) in [7, 11) is -4.39. The summed E-state index contributed by atoms with van der Waals surface area (Å²) >= 11 is 0. The maximum absolute atomic E-state index is 12.6. The van der Waals surface area contributed by atoms with E-state index in [0.717, 1.165) is 77.0 Å². The molecule has 59 heavy (non-hydrogen) atoms. The maximum atomic E-state index is 12.6. The van der Waals surface area contributed by atoms with Gasteiger partial charge in [-0.15, -0.1) is 0 Å². The van der Waals surface area contributed by atoms with Crippen molar-refractivity contribution >= 4 is 19.8 Å². The van der Waals surface area contributed by atoms with Crippen LogP contribution in [0.4, 0.5) is 0 Å². The zero-order chi connectivity index (χ0) is 43.2. The molecule has 10 heteroatoms. The Morgan fingerprint density at radius 2 is 0.932 bits per heavy atom. The van der Waals surface area contributed by atoms with Gasteiger partial charge in [-0.2, -0.15) is 0 Å². The van der Waals surface area contributed by atoms with E-state index in [1.165, 1.54) is 38.5 Å². The number of unbranched alkanes of at least 4 members (excludes halogenated alkanes) is 9. The van der Waals surface area contributed by atoms with E-state index in [1.807, 2.05) is 6.08 Å². The first-order valence-corrected chi connectivity index (χ1v) is 23.9. The molecule has 334 valence electrons. The summed E-state index contributed by atoms with van der Waals surface area (Å²) in [6.07, 6.45) is 58.6.